The Kier molecular flexibility index (Phi) is 8.34. The highest BCUT2D eigenvalue weighted by atomic mass is 19.1. The molecule has 0 aromatic heterocycles. The SMILES string of the molecule is CC(C)(C)OC(=O)[C@@H](CCCF)[C@@H](CCCF)C(=O)O. The van der Waals surface area contributed by atoms with Crippen molar-refractivity contribution < 1.29 is 28.2 Å². The maximum atomic E-state index is 12.3. The van der Waals surface area contributed by atoms with E-state index in [0.717, 1.165) is 0 Å². The minimum absolute atomic E-state index is 0.0437. The Hall–Kier alpha value is -1.20. The van der Waals surface area contributed by atoms with Crippen LogP contribution < -0.4 is 0 Å². The molecule has 0 amide bonds. The normalized spacial score (nSPS) is 14.7. The molecule has 0 heterocycles. The number of esters is 1. The van der Waals surface area contributed by atoms with E-state index in [4.69, 9.17) is 4.74 Å². The first-order chi connectivity index (χ1) is 9.22. The summed E-state index contributed by atoms with van der Waals surface area (Å²) in [4.78, 5) is 23.3. The molecule has 0 unspecified atom stereocenters. The number of hydrogen-bond donors (Lipinski definition) is 1. The summed E-state index contributed by atoms with van der Waals surface area (Å²) in [5.41, 5.74) is -0.742. The lowest BCUT2D eigenvalue weighted by Gasteiger charge is -2.27. The molecule has 0 aliphatic carbocycles. The van der Waals surface area contributed by atoms with E-state index in [2.05, 4.69) is 0 Å². The average Bonchev–Trinajstić information content (AvgIpc) is 2.30. The molecule has 0 aromatic carbocycles. The molecule has 2 atom stereocenters. The quantitative estimate of drug-likeness (QED) is 0.663. The lowest BCUT2D eigenvalue weighted by molar-refractivity contribution is -0.167. The molecule has 4 nitrogen and oxygen atoms in total. The van der Waals surface area contributed by atoms with Crippen molar-refractivity contribution in [3.63, 3.8) is 0 Å². The number of halogens is 2. The van der Waals surface area contributed by atoms with Gasteiger partial charge in [-0.3, -0.25) is 18.4 Å². The largest absolute Gasteiger partial charge is 0.481 e. The summed E-state index contributed by atoms with van der Waals surface area (Å²) in [5.74, 6) is -3.80. The number of rotatable bonds is 9. The van der Waals surface area contributed by atoms with Crippen LogP contribution in [0, 0.1) is 11.8 Å². The van der Waals surface area contributed by atoms with Crippen molar-refractivity contribution >= 4 is 11.9 Å². The minimum atomic E-state index is -1.17. The van der Waals surface area contributed by atoms with Gasteiger partial charge in [0.05, 0.1) is 25.2 Å². The summed E-state index contributed by atoms with van der Waals surface area (Å²) >= 11 is 0. The second-order valence-corrected chi connectivity index (χ2v) is 5.75. The minimum Gasteiger partial charge on any atom is -0.481 e. The number of hydrogen-bond acceptors (Lipinski definition) is 3. The van der Waals surface area contributed by atoms with Crippen LogP contribution in [0.15, 0.2) is 0 Å². The maximum absolute atomic E-state index is 12.3. The van der Waals surface area contributed by atoms with Crippen LogP contribution in [-0.4, -0.2) is 36.0 Å². The van der Waals surface area contributed by atoms with Gasteiger partial charge in [0, 0.05) is 0 Å². The predicted molar refractivity (Wildman–Crippen MR) is 70.9 cm³/mol. The molecule has 1 N–H and O–H groups in total. The number of alkyl halides is 2. The fourth-order valence-electron chi connectivity index (χ4n) is 1.95. The Morgan fingerprint density at radius 3 is 1.85 bits per heavy atom. The van der Waals surface area contributed by atoms with Crippen molar-refractivity contribution in [1.82, 2.24) is 0 Å². The first kappa shape index (κ1) is 18.8. The monoisotopic (exact) mass is 294 g/mol. The van der Waals surface area contributed by atoms with Crippen LogP contribution in [-0.2, 0) is 14.3 Å². The highest BCUT2D eigenvalue weighted by Crippen LogP contribution is 2.26. The predicted octanol–water partition coefficient (Wildman–Crippen LogP) is 3.14. The van der Waals surface area contributed by atoms with Gasteiger partial charge in [0.1, 0.15) is 5.60 Å². The molecule has 20 heavy (non-hydrogen) atoms. The molecule has 6 heteroatoms. The van der Waals surface area contributed by atoms with Crippen LogP contribution in [0.2, 0.25) is 0 Å². The standard InChI is InChI=1S/C14H24F2O4/c1-14(2,3)20-13(19)11(7-5-9-16)10(12(17)18)6-4-8-15/h10-11H,4-9H2,1-3H3,(H,17,18)/t10-,11+/m1/s1. The van der Waals surface area contributed by atoms with Crippen LogP contribution in [0.25, 0.3) is 0 Å². The van der Waals surface area contributed by atoms with Crippen LogP contribution in [0.5, 0.6) is 0 Å². The lowest BCUT2D eigenvalue weighted by Crippen LogP contribution is -2.35. The summed E-state index contributed by atoms with van der Waals surface area (Å²) in [6, 6.07) is 0. The van der Waals surface area contributed by atoms with Gasteiger partial charge >= 0.3 is 11.9 Å². The Morgan fingerprint density at radius 2 is 1.50 bits per heavy atom. The second kappa shape index (κ2) is 8.87. The van der Waals surface area contributed by atoms with Crippen molar-refractivity contribution in [2.24, 2.45) is 11.8 Å². The Bertz CT molecular complexity index is 313. The molecule has 0 radical (unpaired) electrons. The molecule has 0 fully saturated rings. The zero-order valence-corrected chi connectivity index (χ0v) is 12.3. The van der Waals surface area contributed by atoms with Gasteiger partial charge in [0.2, 0.25) is 0 Å². The number of carbonyl (C=O) groups excluding carboxylic acids is 1. The maximum Gasteiger partial charge on any atom is 0.310 e. The fraction of sp³-hybridized carbons (Fsp3) is 0.857. The third-order valence-corrected chi connectivity index (χ3v) is 2.81. The molecule has 0 spiro atoms. The van der Waals surface area contributed by atoms with Gasteiger partial charge in [-0.05, 0) is 46.5 Å². The zero-order chi connectivity index (χ0) is 15.8. The van der Waals surface area contributed by atoms with E-state index in [1.165, 1.54) is 0 Å². The molecule has 0 aromatic rings. The Labute approximate surface area is 118 Å². The number of aliphatic carboxylic acids is 1. The fourth-order valence-corrected chi connectivity index (χ4v) is 1.95. The summed E-state index contributed by atoms with van der Waals surface area (Å²) in [5, 5.41) is 9.19. The van der Waals surface area contributed by atoms with E-state index in [0.29, 0.717) is 0 Å². The van der Waals surface area contributed by atoms with Crippen LogP contribution in [0.4, 0.5) is 8.78 Å². The van der Waals surface area contributed by atoms with Crippen molar-refractivity contribution in [1.29, 1.82) is 0 Å². The van der Waals surface area contributed by atoms with E-state index in [9.17, 15) is 23.5 Å². The molecule has 0 rings (SSSR count). The number of ether oxygens (including phenoxy) is 1. The molecule has 0 saturated carbocycles. The van der Waals surface area contributed by atoms with Crippen LogP contribution in [0.3, 0.4) is 0 Å². The van der Waals surface area contributed by atoms with E-state index in [-0.39, 0.29) is 25.7 Å². The Morgan fingerprint density at radius 1 is 1.05 bits per heavy atom. The first-order valence-electron chi connectivity index (χ1n) is 6.80. The third kappa shape index (κ3) is 7.40. The van der Waals surface area contributed by atoms with Crippen LogP contribution in [0.1, 0.15) is 46.5 Å². The van der Waals surface area contributed by atoms with Gasteiger partial charge in [-0.2, -0.15) is 0 Å². The number of carboxylic acid groups (broad SMARTS) is 1. The smallest absolute Gasteiger partial charge is 0.310 e. The van der Waals surface area contributed by atoms with Gasteiger partial charge in [-0.15, -0.1) is 0 Å². The van der Waals surface area contributed by atoms with E-state index >= 15 is 0 Å². The van der Waals surface area contributed by atoms with E-state index in [1.807, 2.05) is 0 Å². The third-order valence-electron chi connectivity index (χ3n) is 2.81. The molecule has 0 aliphatic heterocycles. The number of carbonyl (C=O) groups is 2. The first-order valence-corrected chi connectivity index (χ1v) is 6.80. The highest BCUT2D eigenvalue weighted by molar-refractivity contribution is 5.81. The molecule has 118 valence electrons. The summed E-state index contributed by atoms with van der Waals surface area (Å²) in [7, 11) is 0. The zero-order valence-electron chi connectivity index (χ0n) is 12.3. The number of carboxylic acids is 1. The summed E-state index contributed by atoms with van der Waals surface area (Å²) in [6.07, 6.45) is 0.284. The van der Waals surface area contributed by atoms with Crippen molar-refractivity contribution in [3.8, 4) is 0 Å². The molecular formula is C14H24F2O4. The summed E-state index contributed by atoms with van der Waals surface area (Å²) in [6.45, 7) is 3.75. The van der Waals surface area contributed by atoms with Gasteiger partial charge in [0.25, 0.3) is 0 Å². The lowest BCUT2D eigenvalue weighted by atomic mass is 9.85. The van der Waals surface area contributed by atoms with Crippen molar-refractivity contribution in [2.75, 3.05) is 13.3 Å². The van der Waals surface area contributed by atoms with Crippen molar-refractivity contribution in [3.05, 3.63) is 0 Å². The van der Waals surface area contributed by atoms with E-state index < -0.39 is 42.7 Å². The average molecular weight is 294 g/mol. The van der Waals surface area contributed by atoms with Gasteiger partial charge in [-0.25, -0.2) is 0 Å². The summed E-state index contributed by atoms with van der Waals surface area (Å²) < 4.78 is 29.7. The molecule has 0 bridgehead atoms. The Balaban J connectivity index is 4.97. The van der Waals surface area contributed by atoms with Gasteiger partial charge in [0.15, 0.2) is 0 Å². The van der Waals surface area contributed by atoms with Gasteiger partial charge in [-0.1, -0.05) is 0 Å². The second-order valence-electron chi connectivity index (χ2n) is 5.75. The van der Waals surface area contributed by atoms with Crippen LogP contribution >= 0.6 is 0 Å². The van der Waals surface area contributed by atoms with E-state index in [1.54, 1.807) is 20.8 Å². The molecule has 0 saturated heterocycles. The topological polar surface area (TPSA) is 63.6 Å². The molecular weight excluding hydrogens is 270 g/mol. The molecule has 0 aliphatic rings. The highest BCUT2D eigenvalue weighted by Gasteiger charge is 2.35. The van der Waals surface area contributed by atoms with Crippen molar-refractivity contribution in [2.45, 2.75) is 52.1 Å². The van der Waals surface area contributed by atoms with Gasteiger partial charge < -0.3 is 9.84 Å².